The van der Waals surface area contributed by atoms with E-state index in [1.165, 1.54) is 0 Å². The highest BCUT2D eigenvalue weighted by Gasteiger charge is 2.06. The molecule has 0 aliphatic carbocycles. The summed E-state index contributed by atoms with van der Waals surface area (Å²) in [5.74, 6) is -0.453. The number of hydrogen-bond donors (Lipinski definition) is 2. The van der Waals surface area contributed by atoms with Gasteiger partial charge in [0, 0.05) is 23.2 Å². The average Bonchev–Trinajstić information content (AvgIpc) is 2.27. The van der Waals surface area contributed by atoms with Gasteiger partial charge in [-0.25, -0.2) is 0 Å². The molecule has 0 heterocycles. The Hall–Kier alpha value is -1.06. The summed E-state index contributed by atoms with van der Waals surface area (Å²) in [5, 5.41) is 3.97. The summed E-state index contributed by atoms with van der Waals surface area (Å²) >= 11 is 6.09. The van der Waals surface area contributed by atoms with Gasteiger partial charge in [0.1, 0.15) is 0 Å². The number of benzene rings is 1. The van der Waals surface area contributed by atoms with Crippen LogP contribution >= 0.6 is 11.6 Å². The number of carbonyl (C=O) groups is 1. The molecule has 0 fully saturated rings. The summed E-state index contributed by atoms with van der Waals surface area (Å²) in [7, 11) is 0. The molecule has 0 saturated carbocycles. The highest BCUT2D eigenvalue weighted by molar-refractivity contribution is 6.31. The smallest absolute Gasteiger partial charge is 0.248 e. The zero-order valence-electron chi connectivity index (χ0n) is 10.3. The van der Waals surface area contributed by atoms with Gasteiger partial charge in [-0.15, -0.1) is 0 Å². The van der Waals surface area contributed by atoms with Crippen LogP contribution in [-0.4, -0.2) is 11.9 Å². The van der Waals surface area contributed by atoms with Gasteiger partial charge in [0.05, 0.1) is 0 Å². The summed E-state index contributed by atoms with van der Waals surface area (Å²) in [5.41, 5.74) is 6.61. The molecule has 0 aliphatic heterocycles. The number of hydrogen-bond acceptors (Lipinski definition) is 2. The van der Waals surface area contributed by atoms with Crippen molar-refractivity contribution in [2.24, 2.45) is 5.73 Å². The second-order valence-corrected chi connectivity index (χ2v) is 4.65. The van der Waals surface area contributed by atoms with E-state index in [0.717, 1.165) is 18.4 Å². The number of rotatable bonds is 6. The predicted octanol–water partition coefficient (Wildman–Crippen LogP) is 2.72. The second kappa shape index (κ2) is 6.62. The van der Waals surface area contributed by atoms with E-state index in [9.17, 15) is 4.79 Å². The van der Waals surface area contributed by atoms with Crippen molar-refractivity contribution in [1.29, 1.82) is 0 Å². The summed E-state index contributed by atoms with van der Waals surface area (Å²) in [6.45, 7) is 5.01. The molecule has 0 spiro atoms. The lowest BCUT2D eigenvalue weighted by Crippen LogP contribution is -2.25. The first kappa shape index (κ1) is 14.0. The largest absolute Gasteiger partial charge is 0.366 e. The molecule has 1 amide bonds. The molecule has 0 radical (unpaired) electrons. The molecule has 94 valence electrons. The molecule has 0 bridgehead atoms. The van der Waals surface area contributed by atoms with E-state index in [1.54, 1.807) is 12.1 Å². The first-order chi connectivity index (χ1) is 8.04. The van der Waals surface area contributed by atoms with Crippen LogP contribution in [0.3, 0.4) is 0 Å². The zero-order valence-corrected chi connectivity index (χ0v) is 11.1. The van der Waals surface area contributed by atoms with Crippen molar-refractivity contribution in [3.05, 3.63) is 34.3 Å². The lowest BCUT2D eigenvalue weighted by Gasteiger charge is -2.13. The molecule has 4 heteroatoms. The Balaban J connectivity index is 2.63. The molecule has 1 aromatic rings. The summed E-state index contributed by atoms with van der Waals surface area (Å²) < 4.78 is 0. The van der Waals surface area contributed by atoms with Crippen LogP contribution in [0.15, 0.2) is 18.2 Å². The average molecular weight is 255 g/mol. The number of halogens is 1. The van der Waals surface area contributed by atoms with Crippen LogP contribution in [0.1, 0.15) is 42.6 Å². The Morgan fingerprint density at radius 1 is 1.53 bits per heavy atom. The molecular formula is C13H19ClN2O. The fourth-order valence-corrected chi connectivity index (χ4v) is 1.91. The van der Waals surface area contributed by atoms with E-state index in [-0.39, 0.29) is 0 Å². The van der Waals surface area contributed by atoms with Crippen molar-refractivity contribution in [3.63, 3.8) is 0 Å². The van der Waals surface area contributed by atoms with Crippen LogP contribution in [0, 0.1) is 0 Å². The standard InChI is InChI=1S/C13H19ClN2O/c1-3-4-9(2)16-8-11-6-5-10(13(15)17)7-12(11)14/h5-7,9,16H,3-4,8H2,1-2H3,(H2,15,17). The van der Waals surface area contributed by atoms with Crippen LogP contribution in [0.5, 0.6) is 0 Å². The molecule has 1 atom stereocenters. The normalized spacial score (nSPS) is 12.4. The van der Waals surface area contributed by atoms with Crippen molar-refractivity contribution in [1.82, 2.24) is 5.32 Å². The summed E-state index contributed by atoms with van der Waals surface area (Å²) in [6, 6.07) is 5.63. The molecule has 3 N–H and O–H groups in total. The fraction of sp³-hybridized carbons (Fsp3) is 0.462. The lowest BCUT2D eigenvalue weighted by molar-refractivity contribution is 0.100. The number of primary amides is 1. The highest BCUT2D eigenvalue weighted by atomic mass is 35.5. The fourth-order valence-electron chi connectivity index (χ4n) is 1.66. The molecule has 17 heavy (non-hydrogen) atoms. The van der Waals surface area contributed by atoms with E-state index in [1.807, 2.05) is 6.07 Å². The Bertz CT molecular complexity index is 393. The maximum atomic E-state index is 11.0. The number of nitrogens with one attached hydrogen (secondary N) is 1. The number of nitrogens with two attached hydrogens (primary N) is 1. The van der Waals surface area contributed by atoms with Gasteiger partial charge in [0.2, 0.25) is 5.91 Å². The van der Waals surface area contributed by atoms with E-state index in [2.05, 4.69) is 19.2 Å². The lowest BCUT2D eigenvalue weighted by atomic mass is 10.1. The van der Waals surface area contributed by atoms with Gasteiger partial charge in [-0.05, 0) is 31.0 Å². The molecular weight excluding hydrogens is 236 g/mol. The van der Waals surface area contributed by atoms with Crippen LogP contribution in [-0.2, 0) is 6.54 Å². The first-order valence-corrected chi connectivity index (χ1v) is 6.24. The molecule has 3 nitrogen and oxygen atoms in total. The summed E-state index contributed by atoms with van der Waals surface area (Å²) in [4.78, 5) is 11.0. The van der Waals surface area contributed by atoms with Gasteiger partial charge in [-0.1, -0.05) is 31.0 Å². The molecule has 1 aromatic carbocycles. The van der Waals surface area contributed by atoms with Crippen molar-refractivity contribution in [3.8, 4) is 0 Å². The third-order valence-electron chi connectivity index (χ3n) is 2.70. The Morgan fingerprint density at radius 2 is 2.24 bits per heavy atom. The van der Waals surface area contributed by atoms with Crippen LogP contribution in [0.4, 0.5) is 0 Å². The minimum Gasteiger partial charge on any atom is -0.366 e. The molecule has 0 aliphatic rings. The van der Waals surface area contributed by atoms with Crippen molar-refractivity contribution >= 4 is 17.5 Å². The minimum absolute atomic E-state index is 0.445. The highest BCUT2D eigenvalue weighted by Crippen LogP contribution is 2.18. The Kier molecular flexibility index (Phi) is 5.45. The van der Waals surface area contributed by atoms with Gasteiger partial charge in [0.15, 0.2) is 0 Å². The van der Waals surface area contributed by atoms with E-state index in [4.69, 9.17) is 17.3 Å². The third kappa shape index (κ3) is 4.36. The molecule has 1 unspecified atom stereocenters. The molecule has 1 rings (SSSR count). The van der Waals surface area contributed by atoms with E-state index >= 15 is 0 Å². The minimum atomic E-state index is -0.453. The van der Waals surface area contributed by atoms with Gasteiger partial charge in [-0.2, -0.15) is 0 Å². The molecule has 0 aromatic heterocycles. The van der Waals surface area contributed by atoms with Crippen molar-refractivity contribution in [2.45, 2.75) is 39.3 Å². The van der Waals surface area contributed by atoms with Crippen LogP contribution in [0.25, 0.3) is 0 Å². The van der Waals surface area contributed by atoms with Gasteiger partial charge < -0.3 is 11.1 Å². The van der Waals surface area contributed by atoms with Gasteiger partial charge in [-0.3, -0.25) is 4.79 Å². The predicted molar refractivity (Wildman–Crippen MR) is 71.2 cm³/mol. The Morgan fingerprint density at radius 3 is 2.76 bits per heavy atom. The van der Waals surface area contributed by atoms with Gasteiger partial charge >= 0.3 is 0 Å². The number of amides is 1. The number of carbonyl (C=O) groups excluding carboxylic acids is 1. The van der Waals surface area contributed by atoms with E-state index in [0.29, 0.717) is 23.2 Å². The topological polar surface area (TPSA) is 55.1 Å². The third-order valence-corrected chi connectivity index (χ3v) is 3.05. The van der Waals surface area contributed by atoms with Gasteiger partial charge in [0.25, 0.3) is 0 Å². The van der Waals surface area contributed by atoms with E-state index < -0.39 is 5.91 Å². The van der Waals surface area contributed by atoms with Crippen molar-refractivity contribution < 1.29 is 4.79 Å². The Labute approximate surface area is 107 Å². The van der Waals surface area contributed by atoms with Crippen LogP contribution in [0.2, 0.25) is 5.02 Å². The van der Waals surface area contributed by atoms with Crippen LogP contribution < -0.4 is 11.1 Å². The maximum absolute atomic E-state index is 11.0. The van der Waals surface area contributed by atoms with Crippen molar-refractivity contribution in [2.75, 3.05) is 0 Å². The second-order valence-electron chi connectivity index (χ2n) is 4.24. The SMILES string of the molecule is CCCC(C)NCc1ccc(C(N)=O)cc1Cl. The monoisotopic (exact) mass is 254 g/mol. The zero-order chi connectivity index (χ0) is 12.8. The first-order valence-electron chi connectivity index (χ1n) is 5.86. The quantitative estimate of drug-likeness (QED) is 0.820. The maximum Gasteiger partial charge on any atom is 0.248 e. The summed E-state index contributed by atoms with van der Waals surface area (Å²) in [6.07, 6.45) is 2.29. The molecule has 0 saturated heterocycles.